The van der Waals surface area contributed by atoms with Crippen LogP contribution in [0.5, 0.6) is 0 Å². The van der Waals surface area contributed by atoms with Crippen molar-refractivity contribution in [3.05, 3.63) is 34.4 Å². The van der Waals surface area contributed by atoms with E-state index in [0.29, 0.717) is 5.41 Å². The van der Waals surface area contributed by atoms with Crippen molar-refractivity contribution >= 4 is 0 Å². The molecule has 1 rings (SSSR count). The first-order valence-corrected chi connectivity index (χ1v) is 6.56. The lowest BCUT2D eigenvalue weighted by Crippen LogP contribution is -2.24. The summed E-state index contributed by atoms with van der Waals surface area (Å²) < 4.78 is 0. The highest BCUT2D eigenvalue weighted by atomic mass is 14.4. The molecule has 0 N–H and O–H groups in total. The van der Waals surface area contributed by atoms with Crippen molar-refractivity contribution in [1.82, 2.24) is 0 Å². The molecule has 0 bridgehead atoms. The Hall–Kier alpha value is -0.780. The second kappa shape index (κ2) is 4.15. The first kappa shape index (κ1) is 14.3. The summed E-state index contributed by atoms with van der Waals surface area (Å²) in [7, 11) is 0. The van der Waals surface area contributed by atoms with Crippen LogP contribution in [0.1, 0.15) is 61.8 Å². The summed E-state index contributed by atoms with van der Waals surface area (Å²) in [5.41, 5.74) is 7.63. The Morgan fingerprint density at radius 2 is 1.47 bits per heavy atom. The van der Waals surface area contributed by atoms with Crippen molar-refractivity contribution in [2.75, 3.05) is 0 Å². The van der Waals surface area contributed by atoms with E-state index in [9.17, 15) is 0 Å². The van der Waals surface area contributed by atoms with E-state index in [1.54, 1.807) is 0 Å². The highest BCUT2D eigenvalue weighted by molar-refractivity contribution is 5.54. The molecule has 0 aliphatic heterocycles. The van der Waals surface area contributed by atoms with Crippen LogP contribution in [0.4, 0.5) is 0 Å². The van der Waals surface area contributed by atoms with E-state index in [4.69, 9.17) is 0 Å². The quantitative estimate of drug-likeness (QED) is 0.546. The van der Waals surface area contributed by atoms with Crippen molar-refractivity contribution in [3.8, 4) is 0 Å². The Bertz CT molecular complexity index is 406. The van der Waals surface area contributed by atoms with Gasteiger partial charge in [0.15, 0.2) is 0 Å². The maximum atomic E-state index is 4.32. The average Bonchev–Trinajstić information content (AvgIpc) is 2.18. The first-order chi connectivity index (χ1) is 7.48. The van der Waals surface area contributed by atoms with Gasteiger partial charge in [0.1, 0.15) is 0 Å². The van der Waals surface area contributed by atoms with Gasteiger partial charge < -0.3 is 0 Å². The van der Waals surface area contributed by atoms with Crippen molar-refractivity contribution < 1.29 is 0 Å². The third kappa shape index (κ3) is 2.56. The molecule has 0 saturated heterocycles. The molecule has 0 nitrogen and oxygen atoms in total. The minimum atomic E-state index is 0.121. The molecule has 1 aliphatic rings. The fourth-order valence-corrected chi connectivity index (χ4v) is 2.65. The Labute approximate surface area is 108 Å². The lowest BCUT2D eigenvalue weighted by atomic mass is 9.66. The fraction of sp³-hybridized carbons (Fsp3) is 0.647. The summed E-state index contributed by atoms with van der Waals surface area (Å²) in [6.07, 6.45) is 1.14. The Morgan fingerprint density at radius 3 is 1.88 bits per heavy atom. The van der Waals surface area contributed by atoms with Gasteiger partial charge in [0.25, 0.3) is 0 Å². The average molecular weight is 232 g/mol. The molecule has 0 radical (unpaired) electrons. The van der Waals surface area contributed by atoms with Gasteiger partial charge in [-0.25, -0.2) is 0 Å². The largest absolute Gasteiger partial charge is 0.0947 e. The molecule has 0 heterocycles. The molecule has 0 heteroatoms. The molecule has 0 saturated carbocycles. The first-order valence-electron chi connectivity index (χ1n) is 6.56. The van der Waals surface area contributed by atoms with Gasteiger partial charge in [0.2, 0.25) is 0 Å². The zero-order chi connectivity index (χ0) is 13.6. The molecule has 1 aliphatic carbocycles. The van der Waals surface area contributed by atoms with E-state index in [2.05, 4.69) is 62.0 Å². The maximum Gasteiger partial charge on any atom is 0.0105 e. The van der Waals surface area contributed by atoms with Gasteiger partial charge >= 0.3 is 0 Å². The lowest BCUT2D eigenvalue weighted by molar-refractivity contribution is 0.405. The molecule has 96 valence electrons. The molecule has 0 aromatic heterocycles. The normalized spacial score (nSPS) is 21.3. The summed E-state index contributed by atoms with van der Waals surface area (Å²) in [6, 6.07) is 0. The molecule has 0 aromatic carbocycles. The van der Waals surface area contributed by atoms with E-state index < -0.39 is 0 Å². The molecule has 0 amide bonds. The van der Waals surface area contributed by atoms with Crippen LogP contribution >= 0.6 is 0 Å². The molecule has 0 fully saturated rings. The predicted molar refractivity (Wildman–Crippen MR) is 78.1 cm³/mol. The van der Waals surface area contributed by atoms with E-state index in [0.717, 1.165) is 6.42 Å². The van der Waals surface area contributed by atoms with Crippen LogP contribution in [0.25, 0.3) is 0 Å². The van der Waals surface area contributed by atoms with Crippen molar-refractivity contribution in [1.29, 1.82) is 0 Å². The van der Waals surface area contributed by atoms with Gasteiger partial charge in [-0.1, -0.05) is 46.8 Å². The van der Waals surface area contributed by atoms with Crippen LogP contribution in [0, 0.1) is 10.8 Å². The van der Waals surface area contributed by atoms with E-state index in [1.807, 2.05) is 0 Å². The maximum absolute atomic E-state index is 4.32. The number of hydrogen-bond donors (Lipinski definition) is 0. The standard InChI is InChI=1S/C17H28/c1-11-13(3)17(8,9)14(4)12(2)15(11)10-16(5,6)7/h3,10H2,1-2,4-9H3. The number of hydrogen-bond acceptors (Lipinski definition) is 0. The molecule has 0 spiro atoms. The van der Waals surface area contributed by atoms with Crippen molar-refractivity contribution in [2.24, 2.45) is 10.8 Å². The molecule has 0 aromatic rings. The zero-order valence-electron chi connectivity index (χ0n) is 12.9. The van der Waals surface area contributed by atoms with Gasteiger partial charge in [0, 0.05) is 5.41 Å². The highest BCUT2D eigenvalue weighted by Crippen LogP contribution is 2.48. The lowest BCUT2D eigenvalue weighted by Gasteiger charge is -2.38. The van der Waals surface area contributed by atoms with Gasteiger partial charge in [0.05, 0.1) is 0 Å². The summed E-state index contributed by atoms with van der Waals surface area (Å²) in [6.45, 7) is 22.6. The summed E-state index contributed by atoms with van der Waals surface area (Å²) in [4.78, 5) is 0. The van der Waals surface area contributed by atoms with Crippen molar-refractivity contribution in [3.63, 3.8) is 0 Å². The van der Waals surface area contributed by atoms with Crippen LogP contribution in [0.3, 0.4) is 0 Å². The third-order valence-electron chi connectivity index (χ3n) is 4.32. The van der Waals surface area contributed by atoms with Crippen LogP contribution in [0.2, 0.25) is 0 Å². The Kier molecular flexibility index (Phi) is 3.49. The van der Waals surface area contributed by atoms with E-state index in [1.165, 1.54) is 27.9 Å². The van der Waals surface area contributed by atoms with E-state index in [-0.39, 0.29) is 5.41 Å². The molecule has 17 heavy (non-hydrogen) atoms. The van der Waals surface area contributed by atoms with Crippen LogP contribution in [-0.4, -0.2) is 0 Å². The van der Waals surface area contributed by atoms with Gasteiger partial charge in [-0.2, -0.15) is 0 Å². The van der Waals surface area contributed by atoms with Crippen molar-refractivity contribution in [2.45, 2.75) is 61.8 Å². The Balaban J connectivity index is 3.32. The molecular weight excluding hydrogens is 204 g/mol. The third-order valence-corrected chi connectivity index (χ3v) is 4.32. The minimum absolute atomic E-state index is 0.121. The summed E-state index contributed by atoms with van der Waals surface area (Å²) >= 11 is 0. The summed E-state index contributed by atoms with van der Waals surface area (Å²) in [5.74, 6) is 0. The summed E-state index contributed by atoms with van der Waals surface area (Å²) in [5, 5.41) is 0. The SMILES string of the molecule is C=C1C(C)=C(CC(C)(C)C)C(C)=C(C)C1(C)C. The second-order valence-corrected chi connectivity index (χ2v) is 7.19. The van der Waals surface area contributed by atoms with Gasteiger partial charge in [-0.3, -0.25) is 0 Å². The monoisotopic (exact) mass is 232 g/mol. The van der Waals surface area contributed by atoms with E-state index >= 15 is 0 Å². The van der Waals surface area contributed by atoms with Crippen LogP contribution < -0.4 is 0 Å². The molecule has 0 unspecified atom stereocenters. The highest BCUT2D eigenvalue weighted by Gasteiger charge is 2.33. The van der Waals surface area contributed by atoms with Crippen LogP contribution in [0.15, 0.2) is 34.4 Å². The van der Waals surface area contributed by atoms with Gasteiger partial charge in [-0.05, 0) is 54.9 Å². The van der Waals surface area contributed by atoms with Gasteiger partial charge in [-0.15, -0.1) is 0 Å². The Morgan fingerprint density at radius 1 is 1.00 bits per heavy atom. The van der Waals surface area contributed by atoms with Crippen LogP contribution in [-0.2, 0) is 0 Å². The molecular formula is C17H28. The fourth-order valence-electron chi connectivity index (χ4n) is 2.65. The smallest absolute Gasteiger partial charge is 0.0105 e. The number of rotatable bonds is 1. The number of allylic oxidation sites excluding steroid dienone is 5. The molecule has 0 atom stereocenters. The minimum Gasteiger partial charge on any atom is -0.0947 e. The zero-order valence-corrected chi connectivity index (χ0v) is 12.9. The topological polar surface area (TPSA) is 0 Å². The second-order valence-electron chi connectivity index (χ2n) is 7.19. The predicted octanol–water partition coefficient (Wildman–Crippen LogP) is 5.67.